The van der Waals surface area contributed by atoms with Crippen LogP contribution in [0, 0.1) is 61.3 Å². The molecule has 12 aromatic rings. The van der Waals surface area contributed by atoms with Gasteiger partial charge in [-0.25, -0.2) is 24.6 Å². The van der Waals surface area contributed by atoms with E-state index in [0.29, 0.717) is 52.0 Å². The van der Waals surface area contributed by atoms with Gasteiger partial charge in [0.2, 0.25) is 5.91 Å². The molecular formula is C70H76Cl5N29O5. The summed E-state index contributed by atoms with van der Waals surface area (Å²) in [6.07, 6.45) is 2.05. The Morgan fingerprint density at radius 2 is 0.826 bits per heavy atom. The zero-order chi connectivity index (χ0) is 89.5. The first-order valence-electron chi connectivity index (χ1n) is 37.9. The van der Waals surface area contributed by atoms with Gasteiger partial charge in [-0.05, 0) is 121 Å². The Bertz CT molecular complexity index is 5760. The highest BCUT2D eigenvalue weighted by Crippen LogP contribution is 2.35. The second kappa shape index (κ2) is 37.8. The third-order valence-electron chi connectivity index (χ3n) is 15.5. The number of H-pyrrole nitrogens is 2. The lowest BCUT2D eigenvalue weighted by atomic mass is 10.1. The SMILES string of the molecule is Cc1nc(-c2cccc(N)c2C)n[nH]1.NC(=O)C1CC1.[2H]C([2H])([2H])NC(=O)c1nnc(Cl)cc1Cl.[2H]C([2H])([2H])NC(=O)c1nnc(Cl)cc1Nc1cccc(-c2n[nH]c(C)n2)c1C.[2H]C([2H])([2H])NC(=O)c1nnc(Cl)cc1Nc1cccc(-c2nc(C)n(C)n2)c1C.[2H]C([2H])([2H])NC(=O)c1nnc(Cl)cc1Nc1cccc(-c2nc(C)nn2C)c1C. The lowest BCUT2D eigenvalue weighted by Gasteiger charge is -2.14. The van der Waals surface area contributed by atoms with Crippen LogP contribution in [0.1, 0.15) is 117 Å². The number of hydrogen-bond acceptors (Lipinski definition) is 25. The molecule has 5 amide bonds. The van der Waals surface area contributed by atoms with Crippen molar-refractivity contribution in [2.75, 3.05) is 49.6 Å². The van der Waals surface area contributed by atoms with Crippen molar-refractivity contribution >= 4 is 127 Å². The second-order valence-electron chi connectivity index (χ2n) is 23.2. The van der Waals surface area contributed by atoms with Crippen LogP contribution in [0.4, 0.5) is 39.8 Å². The van der Waals surface area contributed by atoms with E-state index in [-0.39, 0.29) is 77.3 Å². The van der Waals surface area contributed by atoms with Crippen LogP contribution in [0.5, 0.6) is 0 Å². The zero-order valence-electron chi connectivity index (χ0n) is 71.4. The van der Waals surface area contributed by atoms with Gasteiger partial charge in [0.15, 0.2) is 66.7 Å². The average Bonchev–Trinajstić information content (AvgIpc) is 1.44. The van der Waals surface area contributed by atoms with Crippen LogP contribution in [0.3, 0.4) is 0 Å². The van der Waals surface area contributed by atoms with Crippen molar-refractivity contribution in [2.24, 2.45) is 25.7 Å². The minimum atomic E-state index is -2.66. The molecule has 13 rings (SSSR count). The Morgan fingerprint density at radius 3 is 1.17 bits per heavy atom. The molecule has 1 aliphatic rings. The number of primary amides is 1. The van der Waals surface area contributed by atoms with Crippen molar-refractivity contribution in [3.63, 3.8) is 0 Å². The molecular weight excluding hydrogens is 1500 g/mol. The maximum absolute atomic E-state index is 12.3. The number of nitrogen functional groups attached to an aromatic ring is 1. The lowest BCUT2D eigenvalue weighted by molar-refractivity contribution is -0.119. The molecule has 0 atom stereocenters. The predicted octanol–water partition coefficient (Wildman–Crippen LogP) is 10.6. The smallest absolute Gasteiger partial charge is 0.273 e. The number of rotatable bonds is 15. The van der Waals surface area contributed by atoms with Crippen LogP contribution in [-0.2, 0) is 18.9 Å². The van der Waals surface area contributed by atoms with Gasteiger partial charge in [0, 0.05) is 128 Å². The Hall–Kier alpha value is -12.2. The van der Waals surface area contributed by atoms with Gasteiger partial charge in [0.25, 0.3) is 23.6 Å². The number of amides is 5. The molecule has 566 valence electrons. The number of carbonyl (C=O) groups excluding carboxylic acids is 5. The molecule has 39 heteroatoms. The first-order chi connectivity index (χ1) is 56.5. The number of benzene rings is 4. The van der Waals surface area contributed by atoms with Crippen LogP contribution in [0.25, 0.3) is 45.6 Å². The summed E-state index contributed by atoms with van der Waals surface area (Å²) in [4.78, 5) is 75.7. The maximum atomic E-state index is 12.3. The highest BCUT2D eigenvalue weighted by atomic mass is 35.5. The van der Waals surface area contributed by atoms with Crippen LogP contribution >= 0.6 is 58.0 Å². The van der Waals surface area contributed by atoms with Gasteiger partial charge >= 0.3 is 0 Å². The van der Waals surface area contributed by atoms with E-state index >= 15 is 0 Å². The van der Waals surface area contributed by atoms with E-state index in [1.54, 1.807) is 53.8 Å². The monoisotopic (exact) mass is 1590 g/mol. The topological polar surface area (TPSA) is 469 Å². The predicted molar refractivity (Wildman–Crippen MR) is 417 cm³/mol. The second-order valence-corrected chi connectivity index (χ2v) is 25.1. The normalized spacial score (nSPS) is 13.1. The number of hydrogen-bond donors (Lipinski definition) is 11. The van der Waals surface area contributed by atoms with Crippen molar-refractivity contribution in [1.29, 1.82) is 0 Å². The fourth-order valence-corrected chi connectivity index (χ4v) is 10.5. The van der Waals surface area contributed by atoms with Crippen molar-refractivity contribution in [3.05, 3.63) is 191 Å². The lowest BCUT2D eigenvalue weighted by Crippen LogP contribution is -2.21. The number of aromatic amines is 2. The molecule has 0 radical (unpaired) electrons. The van der Waals surface area contributed by atoms with E-state index in [9.17, 15) is 24.0 Å². The summed E-state index contributed by atoms with van der Waals surface area (Å²) in [5.74, 6) is 1.89. The van der Waals surface area contributed by atoms with Gasteiger partial charge in [-0.2, -0.15) is 20.4 Å². The van der Waals surface area contributed by atoms with Crippen molar-refractivity contribution in [2.45, 2.75) is 68.2 Å². The van der Waals surface area contributed by atoms with Gasteiger partial charge < -0.3 is 48.7 Å². The Balaban J connectivity index is 0.000000189. The average molecular weight is 1590 g/mol. The molecule has 0 spiro atoms. The van der Waals surface area contributed by atoms with E-state index < -0.39 is 51.5 Å². The Labute approximate surface area is 666 Å². The number of aryl methyl sites for hydroxylation is 6. The minimum absolute atomic E-state index is 0.0189. The summed E-state index contributed by atoms with van der Waals surface area (Å²) in [6.45, 7) is 4.36. The zero-order valence-corrected chi connectivity index (χ0v) is 63.1. The van der Waals surface area contributed by atoms with Gasteiger partial charge in [-0.15, -0.1) is 40.8 Å². The van der Waals surface area contributed by atoms with Gasteiger partial charge in [0.1, 0.15) is 23.3 Å². The van der Waals surface area contributed by atoms with E-state index in [4.69, 9.17) is 85.9 Å². The van der Waals surface area contributed by atoms with Gasteiger partial charge in [0.05, 0.1) is 22.1 Å². The van der Waals surface area contributed by atoms with Gasteiger partial charge in [-0.3, -0.25) is 38.9 Å². The molecule has 1 aliphatic carbocycles. The largest absolute Gasteiger partial charge is 0.398 e. The summed E-state index contributed by atoms with van der Waals surface area (Å²) >= 11 is 28.8. The number of carbonyl (C=O) groups is 5. The van der Waals surface area contributed by atoms with Crippen molar-refractivity contribution in [3.8, 4) is 45.6 Å². The molecule has 4 aromatic carbocycles. The Morgan fingerprint density at radius 1 is 0.450 bits per heavy atom. The summed E-state index contributed by atoms with van der Waals surface area (Å²) in [5.41, 5.74) is 20.1. The summed E-state index contributed by atoms with van der Waals surface area (Å²) in [6, 6.07) is 27.6. The molecule has 0 aliphatic heterocycles. The molecule has 1 fully saturated rings. The first kappa shape index (κ1) is 66.2. The fraction of sp³-hybridized carbons (Fsp3) is 0.243. The first-order valence-corrected chi connectivity index (χ1v) is 33.8. The highest BCUT2D eigenvalue weighted by Gasteiger charge is 2.27. The molecule has 34 nitrogen and oxygen atoms in total. The quantitative estimate of drug-likeness (QED) is 0.0425. The third kappa shape index (κ3) is 21.7. The van der Waals surface area contributed by atoms with E-state index in [1.807, 2.05) is 119 Å². The third-order valence-corrected chi connectivity index (χ3v) is 16.5. The van der Waals surface area contributed by atoms with Crippen LogP contribution in [0.15, 0.2) is 97.1 Å². The molecule has 109 heavy (non-hydrogen) atoms. The number of nitrogens with one attached hydrogen (secondary N) is 9. The molecule has 0 bridgehead atoms. The molecule has 0 unspecified atom stereocenters. The molecule has 13 N–H and O–H groups in total. The summed E-state index contributed by atoms with van der Waals surface area (Å²) in [7, 11) is 3.61. The van der Waals surface area contributed by atoms with E-state index in [2.05, 4.69) is 107 Å². The Kier molecular flexibility index (Phi) is 23.0. The maximum Gasteiger partial charge on any atom is 0.273 e. The van der Waals surface area contributed by atoms with Crippen molar-refractivity contribution in [1.82, 2.24) is 122 Å². The standard InChI is InChI=1S/2C17H18ClN7O.C16H16ClN7O.C10H12N4.C6H5Cl2N3O.C4H7NO/c1-9-11(16-20-10(2)25(4)24-16)6-5-7-12(9)21-13-8-14(18)22-23-15(13)17(26)19-3;1-9-11(16-20-10(2)24-25(16)4)6-5-7-12(9)21-13-8-14(18)22-23-15(13)17(26)19-3;1-8-10(15-19-9(2)21-24-15)5-4-6-11(8)20-12-7-13(17)22-23-14(12)16(25)18-3;1-6-8(4-3-5-9(6)11)10-12-7(2)13-14-10;1-9-6(12)5-3(7)2-4(8)10-11-5;5-4(6)3-1-2-3/h2*5-8H,1-4H3,(H,19,26)(H,21,22);4-7H,1-3H3,(H,18,25)(H,20,22)(H,19,21,24);3-5H,11H2,1-2H3,(H,12,13,14);2H,1H3,(H,9,12);3H,1-2H2,(H2,5,6)/i3*3D3;;1D3;. The molecule has 0 saturated heterocycles. The van der Waals surface area contributed by atoms with Gasteiger partial charge in [-0.1, -0.05) is 107 Å². The van der Waals surface area contributed by atoms with Crippen LogP contribution < -0.4 is 48.7 Å². The molecule has 1 saturated carbocycles. The van der Waals surface area contributed by atoms with Crippen molar-refractivity contribution < 1.29 is 40.4 Å². The van der Waals surface area contributed by atoms with Crippen LogP contribution in [0.2, 0.25) is 25.6 Å². The number of aromatic nitrogens is 20. The number of anilines is 7. The number of halogens is 5. The minimum Gasteiger partial charge on any atom is -0.398 e. The van der Waals surface area contributed by atoms with E-state index in [0.717, 1.165) is 74.7 Å². The molecule has 8 aromatic heterocycles. The fourth-order valence-electron chi connectivity index (χ4n) is 9.62. The summed E-state index contributed by atoms with van der Waals surface area (Å²) in [5, 5.41) is 68.2. The number of nitrogens with two attached hydrogens (primary N) is 2. The number of nitrogens with zero attached hydrogens (tertiary/aromatic N) is 18. The van der Waals surface area contributed by atoms with Crippen LogP contribution in [-0.4, -0.2) is 158 Å². The highest BCUT2D eigenvalue weighted by molar-refractivity contribution is 6.36. The van der Waals surface area contributed by atoms with E-state index in [1.165, 1.54) is 24.3 Å². The molecule has 8 heterocycles. The summed E-state index contributed by atoms with van der Waals surface area (Å²) < 4.78 is 88.7.